The summed E-state index contributed by atoms with van der Waals surface area (Å²) in [5.74, 6) is 0.969. The fourth-order valence-corrected chi connectivity index (χ4v) is 2.33. The van der Waals surface area contributed by atoms with Gasteiger partial charge in [-0.1, -0.05) is 39.0 Å². The number of esters is 1. The highest BCUT2D eigenvalue weighted by Gasteiger charge is 2.17. The van der Waals surface area contributed by atoms with E-state index >= 15 is 0 Å². The zero-order valence-corrected chi connectivity index (χ0v) is 14.6. The first-order valence-corrected chi connectivity index (χ1v) is 8.15. The van der Waals surface area contributed by atoms with Crippen molar-refractivity contribution in [3.8, 4) is 17.2 Å². The van der Waals surface area contributed by atoms with Crippen LogP contribution in [0.2, 0.25) is 0 Å². The van der Waals surface area contributed by atoms with Crippen LogP contribution < -0.4 is 14.2 Å². The Bertz CT molecular complexity index is 459. The third-order valence-corrected chi connectivity index (χ3v) is 3.63. The van der Waals surface area contributed by atoms with E-state index in [9.17, 15) is 4.79 Å². The molecule has 1 aromatic carbocycles. The van der Waals surface area contributed by atoms with E-state index in [1.807, 2.05) is 0 Å². The number of ether oxygens (including phenoxy) is 4. The number of carbonyl (C=O) groups excluding carboxylic acids is 1. The summed E-state index contributed by atoms with van der Waals surface area (Å²) in [7, 11) is 4.56. The van der Waals surface area contributed by atoms with Crippen molar-refractivity contribution in [1.82, 2.24) is 0 Å². The van der Waals surface area contributed by atoms with Crippen LogP contribution in [0.25, 0.3) is 0 Å². The second-order valence-electron chi connectivity index (χ2n) is 5.32. The van der Waals surface area contributed by atoms with Gasteiger partial charge in [-0.25, -0.2) is 4.79 Å². The van der Waals surface area contributed by atoms with E-state index in [0.717, 1.165) is 12.8 Å². The predicted molar refractivity (Wildman–Crippen MR) is 89.8 cm³/mol. The molecule has 23 heavy (non-hydrogen) atoms. The predicted octanol–water partition coefficient (Wildman–Crippen LogP) is 4.23. The Morgan fingerprint density at radius 1 is 0.870 bits per heavy atom. The molecule has 130 valence electrons. The van der Waals surface area contributed by atoms with E-state index in [0.29, 0.717) is 29.4 Å². The topological polar surface area (TPSA) is 54.0 Å². The maximum absolute atomic E-state index is 12.1. The van der Waals surface area contributed by atoms with Gasteiger partial charge in [-0.15, -0.1) is 0 Å². The number of rotatable bonds is 11. The van der Waals surface area contributed by atoms with Gasteiger partial charge < -0.3 is 18.9 Å². The normalized spacial score (nSPS) is 10.3. The average Bonchev–Trinajstić information content (AvgIpc) is 2.59. The molecule has 5 nitrogen and oxygen atoms in total. The molecule has 0 atom stereocenters. The molecule has 0 heterocycles. The van der Waals surface area contributed by atoms with E-state index in [2.05, 4.69) is 6.92 Å². The van der Waals surface area contributed by atoms with Crippen molar-refractivity contribution >= 4 is 5.97 Å². The molecule has 0 fully saturated rings. The van der Waals surface area contributed by atoms with Gasteiger partial charge >= 0.3 is 5.97 Å². The summed E-state index contributed by atoms with van der Waals surface area (Å²) in [5.41, 5.74) is 0.394. The van der Waals surface area contributed by atoms with Gasteiger partial charge in [-0.2, -0.15) is 0 Å². The molecule has 0 unspecified atom stereocenters. The molecule has 0 N–H and O–H groups in total. The van der Waals surface area contributed by atoms with Gasteiger partial charge in [0.25, 0.3) is 0 Å². The number of hydrogen-bond acceptors (Lipinski definition) is 5. The van der Waals surface area contributed by atoms with Crippen LogP contribution >= 0.6 is 0 Å². The molecule has 0 saturated heterocycles. The molecular formula is C18H28O5. The first-order chi connectivity index (χ1) is 11.2. The maximum atomic E-state index is 12.1. The number of hydrogen-bond donors (Lipinski definition) is 0. The van der Waals surface area contributed by atoms with Crippen LogP contribution in [0, 0.1) is 0 Å². The lowest BCUT2D eigenvalue weighted by atomic mass is 10.1. The van der Waals surface area contributed by atoms with Crippen LogP contribution in [-0.2, 0) is 4.74 Å². The van der Waals surface area contributed by atoms with Crippen LogP contribution in [0.3, 0.4) is 0 Å². The minimum absolute atomic E-state index is 0.377. The van der Waals surface area contributed by atoms with Crippen molar-refractivity contribution in [2.24, 2.45) is 0 Å². The van der Waals surface area contributed by atoms with Crippen molar-refractivity contribution in [2.45, 2.75) is 45.4 Å². The van der Waals surface area contributed by atoms with Crippen molar-refractivity contribution < 1.29 is 23.7 Å². The molecular weight excluding hydrogens is 296 g/mol. The van der Waals surface area contributed by atoms with Gasteiger partial charge in [0.2, 0.25) is 5.75 Å². The van der Waals surface area contributed by atoms with Crippen molar-refractivity contribution in [3.63, 3.8) is 0 Å². The van der Waals surface area contributed by atoms with Crippen molar-refractivity contribution in [2.75, 3.05) is 27.9 Å². The number of unbranched alkanes of at least 4 members (excludes halogenated alkanes) is 5. The first kappa shape index (κ1) is 19.1. The highest BCUT2D eigenvalue weighted by Crippen LogP contribution is 2.38. The second kappa shape index (κ2) is 10.8. The van der Waals surface area contributed by atoms with Gasteiger partial charge in [0.15, 0.2) is 11.5 Å². The van der Waals surface area contributed by atoms with Gasteiger partial charge in [0.1, 0.15) is 0 Å². The van der Waals surface area contributed by atoms with Crippen LogP contribution in [0.4, 0.5) is 0 Å². The Hall–Kier alpha value is -1.91. The number of carbonyl (C=O) groups is 1. The quantitative estimate of drug-likeness (QED) is 0.450. The Morgan fingerprint density at radius 3 is 1.96 bits per heavy atom. The molecule has 0 amide bonds. The first-order valence-electron chi connectivity index (χ1n) is 8.15. The minimum Gasteiger partial charge on any atom is -0.493 e. The van der Waals surface area contributed by atoms with Crippen LogP contribution in [-0.4, -0.2) is 33.9 Å². The lowest BCUT2D eigenvalue weighted by Gasteiger charge is -2.13. The number of methoxy groups -OCH3 is 3. The zero-order chi connectivity index (χ0) is 17.1. The summed E-state index contributed by atoms with van der Waals surface area (Å²) in [6.45, 7) is 2.63. The summed E-state index contributed by atoms with van der Waals surface area (Å²) in [4.78, 5) is 12.1. The van der Waals surface area contributed by atoms with Gasteiger partial charge in [0.05, 0.1) is 33.5 Å². The Kier molecular flexibility index (Phi) is 8.95. The molecule has 5 heteroatoms. The Morgan fingerprint density at radius 2 is 1.43 bits per heavy atom. The Balaban J connectivity index is 2.56. The van der Waals surface area contributed by atoms with Gasteiger partial charge in [-0.3, -0.25) is 0 Å². The molecule has 1 aromatic rings. The lowest BCUT2D eigenvalue weighted by molar-refractivity contribution is 0.0496. The summed E-state index contributed by atoms with van der Waals surface area (Å²) in [5, 5.41) is 0. The molecule has 0 aliphatic carbocycles. The van der Waals surface area contributed by atoms with Crippen LogP contribution in [0.15, 0.2) is 12.1 Å². The van der Waals surface area contributed by atoms with Crippen molar-refractivity contribution in [1.29, 1.82) is 0 Å². The van der Waals surface area contributed by atoms with E-state index in [4.69, 9.17) is 18.9 Å². The smallest absolute Gasteiger partial charge is 0.338 e. The lowest BCUT2D eigenvalue weighted by Crippen LogP contribution is -2.08. The molecule has 0 aliphatic heterocycles. The summed E-state index contributed by atoms with van der Waals surface area (Å²) < 4.78 is 21.0. The Labute approximate surface area is 138 Å². The molecule has 0 aliphatic rings. The molecule has 0 spiro atoms. The third kappa shape index (κ3) is 6.00. The summed E-state index contributed by atoms with van der Waals surface area (Å²) in [6.07, 6.45) is 6.91. The van der Waals surface area contributed by atoms with E-state index < -0.39 is 0 Å². The monoisotopic (exact) mass is 324 g/mol. The molecule has 0 aromatic heterocycles. The standard InChI is InChI=1S/C18H28O5/c1-5-6-7-8-9-10-11-23-18(19)14-12-15(20-2)17(22-4)16(13-14)21-3/h12-13H,5-11H2,1-4H3. The highest BCUT2D eigenvalue weighted by molar-refractivity contribution is 5.91. The summed E-state index contributed by atoms with van der Waals surface area (Å²) >= 11 is 0. The average molecular weight is 324 g/mol. The number of benzene rings is 1. The third-order valence-electron chi connectivity index (χ3n) is 3.63. The SMILES string of the molecule is CCCCCCCCOC(=O)c1cc(OC)c(OC)c(OC)c1. The second-order valence-corrected chi connectivity index (χ2v) is 5.32. The van der Waals surface area contributed by atoms with Crippen LogP contribution in [0.5, 0.6) is 17.2 Å². The van der Waals surface area contributed by atoms with E-state index in [1.54, 1.807) is 12.1 Å². The zero-order valence-electron chi connectivity index (χ0n) is 14.6. The fourth-order valence-electron chi connectivity index (χ4n) is 2.33. The minimum atomic E-state index is -0.377. The largest absolute Gasteiger partial charge is 0.493 e. The van der Waals surface area contributed by atoms with Crippen LogP contribution in [0.1, 0.15) is 55.8 Å². The van der Waals surface area contributed by atoms with E-state index in [1.165, 1.54) is 47.0 Å². The molecule has 0 radical (unpaired) electrons. The van der Waals surface area contributed by atoms with Gasteiger partial charge in [0, 0.05) is 0 Å². The fraction of sp³-hybridized carbons (Fsp3) is 0.611. The molecule has 0 bridgehead atoms. The van der Waals surface area contributed by atoms with Crippen molar-refractivity contribution in [3.05, 3.63) is 17.7 Å². The highest BCUT2D eigenvalue weighted by atomic mass is 16.5. The molecule has 0 saturated carbocycles. The molecule has 1 rings (SSSR count). The maximum Gasteiger partial charge on any atom is 0.338 e. The van der Waals surface area contributed by atoms with Gasteiger partial charge in [-0.05, 0) is 18.6 Å². The van der Waals surface area contributed by atoms with E-state index in [-0.39, 0.29) is 5.97 Å². The summed E-state index contributed by atoms with van der Waals surface area (Å²) in [6, 6.07) is 3.20.